The van der Waals surface area contributed by atoms with Crippen LogP contribution in [0, 0.1) is 0 Å². The second kappa shape index (κ2) is 2.85. The first-order valence-electron chi connectivity index (χ1n) is 2.17. The van der Waals surface area contributed by atoms with E-state index in [1.165, 1.54) is 0 Å². The molecule has 0 heterocycles. The lowest BCUT2D eigenvalue weighted by molar-refractivity contribution is -0.191. The molecule has 0 spiro atoms. The molecule has 0 saturated heterocycles. The summed E-state index contributed by atoms with van der Waals surface area (Å²) in [6, 6.07) is 0. The van der Waals surface area contributed by atoms with Crippen LogP contribution in [0.3, 0.4) is 0 Å². The summed E-state index contributed by atoms with van der Waals surface area (Å²) in [7, 11) is 0.610. The highest BCUT2D eigenvalue weighted by Crippen LogP contribution is 2.23. The van der Waals surface area contributed by atoms with Crippen LogP contribution in [-0.4, -0.2) is 25.4 Å². The van der Waals surface area contributed by atoms with Gasteiger partial charge in [0.25, 0.3) is 0 Å². The molecule has 0 N–H and O–H groups in total. The molecule has 0 aliphatic carbocycles. The number of ether oxygens (including phenoxy) is 1. The Bertz CT molecular complexity index is 133. The summed E-state index contributed by atoms with van der Waals surface area (Å²) in [5, 5.41) is 0. The van der Waals surface area contributed by atoms with Gasteiger partial charge in [0.1, 0.15) is 0 Å². The van der Waals surface area contributed by atoms with E-state index in [1.807, 2.05) is 0 Å². The van der Waals surface area contributed by atoms with E-state index in [0.29, 0.717) is 7.11 Å². The van der Waals surface area contributed by atoms with E-state index in [4.69, 9.17) is 0 Å². The van der Waals surface area contributed by atoms with Crippen LogP contribution in [0.15, 0.2) is 0 Å². The minimum atomic E-state index is -4.69. The average Bonchev–Trinajstić information content (AvgIpc) is 1.86. The molecular weight excluding hydrogens is 156 g/mol. The lowest BCUT2D eigenvalue weighted by atomic mass is 10.4. The first-order chi connectivity index (χ1) is 4.42. The van der Waals surface area contributed by atoms with Gasteiger partial charge in [-0.2, -0.15) is 8.78 Å². The Labute approximate surface area is 53.8 Å². The maximum atomic E-state index is 11.7. The van der Waals surface area contributed by atoms with E-state index in [1.54, 1.807) is 0 Å². The molecule has 6 heteroatoms. The number of rotatable bonds is 2. The molecule has 0 fully saturated rings. The Morgan fingerprint density at radius 1 is 1.50 bits per heavy atom. The topological polar surface area (TPSA) is 26.3 Å². The van der Waals surface area contributed by atoms with Crippen molar-refractivity contribution >= 4 is 5.97 Å². The number of hydrogen-bond donors (Lipinski definition) is 0. The van der Waals surface area contributed by atoms with Gasteiger partial charge < -0.3 is 4.74 Å². The number of carbonyl (C=O) groups excluding carboxylic acids is 1. The molecule has 0 bridgehead atoms. The predicted molar refractivity (Wildman–Crippen MR) is 23.0 cm³/mol. The molecule has 0 aliphatic heterocycles. The summed E-state index contributed by atoms with van der Waals surface area (Å²) in [6.07, 6.45) is -4.01. The van der Waals surface area contributed by atoms with Gasteiger partial charge in [0.05, 0.1) is 7.11 Å². The Morgan fingerprint density at radius 3 is 2.00 bits per heavy atom. The summed E-state index contributed by atoms with van der Waals surface area (Å²) in [4.78, 5) is 9.82. The Balaban J connectivity index is 4.24. The minimum absolute atomic E-state index is 0.610. The van der Waals surface area contributed by atoms with E-state index >= 15 is 0 Å². The van der Waals surface area contributed by atoms with Crippen LogP contribution in [-0.2, 0) is 9.53 Å². The van der Waals surface area contributed by atoms with E-state index in [2.05, 4.69) is 4.74 Å². The highest BCUT2D eigenvalue weighted by molar-refractivity contribution is 5.77. The van der Waals surface area contributed by atoms with Gasteiger partial charge in [0, 0.05) is 0 Å². The Morgan fingerprint density at radius 2 is 1.90 bits per heavy atom. The van der Waals surface area contributed by atoms with Gasteiger partial charge in [-0.25, -0.2) is 13.6 Å². The quantitative estimate of drug-likeness (QED) is 0.446. The molecular formula is C4H4F4O2. The van der Waals surface area contributed by atoms with Crippen molar-refractivity contribution in [2.75, 3.05) is 7.11 Å². The maximum absolute atomic E-state index is 11.7. The number of halogens is 4. The molecule has 2 nitrogen and oxygen atoms in total. The van der Waals surface area contributed by atoms with Crippen LogP contribution in [0.1, 0.15) is 0 Å². The Hall–Kier alpha value is -0.810. The van der Waals surface area contributed by atoms with Crippen LogP contribution < -0.4 is 0 Å². The van der Waals surface area contributed by atoms with Gasteiger partial charge in [0.2, 0.25) is 0 Å². The molecule has 0 atom stereocenters. The summed E-state index contributed by atoms with van der Waals surface area (Å²) in [6.45, 7) is 0. The number of alkyl halides is 4. The molecule has 0 rings (SSSR count). The molecule has 0 aliphatic rings. The second-order valence-electron chi connectivity index (χ2n) is 1.42. The lowest BCUT2D eigenvalue weighted by Crippen LogP contribution is -2.37. The first-order valence-corrected chi connectivity index (χ1v) is 2.17. The highest BCUT2D eigenvalue weighted by Gasteiger charge is 2.50. The third-order valence-corrected chi connectivity index (χ3v) is 0.732. The zero-order chi connectivity index (χ0) is 8.36. The molecule has 0 aromatic carbocycles. The molecule has 0 radical (unpaired) electrons. The van der Waals surface area contributed by atoms with Crippen LogP contribution in [0.4, 0.5) is 17.6 Å². The molecule has 0 aromatic rings. The van der Waals surface area contributed by atoms with E-state index in [0.717, 1.165) is 0 Å². The largest absolute Gasteiger partial charge is 0.464 e. The summed E-state index contributed by atoms with van der Waals surface area (Å²) in [5.41, 5.74) is 0. The summed E-state index contributed by atoms with van der Waals surface area (Å²) in [5.74, 6) is -6.91. The predicted octanol–water partition coefficient (Wildman–Crippen LogP) is 1.06. The van der Waals surface area contributed by atoms with E-state index in [9.17, 15) is 22.4 Å². The van der Waals surface area contributed by atoms with Crippen molar-refractivity contribution in [3.05, 3.63) is 0 Å². The maximum Gasteiger partial charge on any atom is 0.401 e. The lowest BCUT2D eigenvalue weighted by Gasteiger charge is -2.10. The molecule has 10 heavy (non-hydrogen) atoms. The van der Waals surface area contributed by atoms with Gasteiger partial charge in [-0.05, 0) is 0 Å². The number of hydrogen-bond acceptors (Lipinski definition) is 2. The monoisotopic (exact) mass is 160 g/mol. The van der Waals surface area contributed by atoms with E-state index in [-0.39, 0.29) is 0 Å². The van der Waals surface area contributed by atoms with Gasteiger partial charge in [0.15, 0.2) is 0 Å². The van der Waals surface area contributed by atoms with Crippen LogP contribution in [0.25, 0.3) is 0 Å². The number of carbonyl (C=O) groups is 1. The SMILES string of the molecule is COC(=O)C(F)(F)C(F)F. The van der Waals surface area contributed by atoms with Crippen LogP contribution >= 0.6 is 0 Å². The summed E-state index contributed by atoms with van der Waals surface area (Å²) >= 11 is 0. The Kier molecular flexibility index (Phi) is 2.62. The smallest absolute Gasteiger partial charge is 0.401 e. The normalized spacial score (nSPS) is 11.8. The van der Waals surface area contributed by atoms with Gasteiger partial charge in [-0.3, -0.25) is 0 Å². The van der Waals surface area contributed by atoms with Crippen molar-refractivity contribution in [1.82, 2.24) is 0 Å². The highest BCUT2D eigenvalue weighted by atomic mass is 19.3. The average molecular weight is 160 g/mol. The van der Waals surface area contributed by atoms with Crippen molar-refractivity contribution in [3.63, 3.8) is 0 Å². The van der Waals surface area contributed by atoms with E-state index < -0.39 is 18.3 Å². The third-order valence-electron chi connectivity index (χ3n) is 0.732. The molecule has 0 amide bonds. The molecule has 60 valence electrons. The van der Waals surface area contributed by atoms with Gasteiger partial charge in [-0.1, -0.05) is 0 Å². The van der Waals surface area contributed by atoms with Crippen molar-refractivity contribution in [3.8, 4) is 0 Å². The zero-order valence-corrected chi connectivity index (χ0v) is 4.91. The first kappa shape index (κ1) is 9.19. The zero-order valence-electron chi connectivity index (χ0n) is 4.91. The van der Waals surface area contributed by atoms with Crippen molar-refractivity contribution in [1.29, 1.82) is 0 Å². The fourth-order valence-electron chi connectivity index (χ4n) is 0.225. The third kappa shape index (κ3) is 1.58. The number of methoxy groups -OCH3 is 1. The molecule has 0 aromatic heterocycles. The van der Waals surface area contributed by atoms with Crippen molar-refractivity contribution < 1.29 is 27.1 Å². The van der Waals surface area contributed by atoms with Crippen LogP contribution in [0.5, 0.6) is 0 Å². The fourth-order valence-corrected chi connectivity index (χ4v) is 0.225. The molecule has 0 unspecified atom stereocenters. The fraction of sp³-hybridized carbons (Fsp3) is 0.750. The van der Waals surface area contributed by atoms with Crippen LogP contribution in [0.2, 0.25) is 0 Å². The van der Waals surface area contributed by atoms with Gasteiger partial charge >= 0.3 is 18.3 Å². The minimum Gasteiger partial charge on any atom is -0.464 e. The second-order valence-corrected chi connectivity index (χ2v) is 1.42. The standard InChI is InChI=1S/C4H4F4O2/c1-10-3(9)4(7,8)2(5)6/h2H,1H3. The molecule has 0 saturated carbocycles. The van der Waals surface area contributed by atoms with Crippen molar-refractivity contribution in [2.45, 2.75) is 12.3 Å². The number of esters is 1. The van der Waals surface area contributed by atoms with Crippen molar-refractivity contribution in [2.24, 2.45) is 0 Å². The summed E-state index contributed by atoms with van der Waals surface area (Å²) < 4.78 is 49.2. The van der Waals surface area contributed by atoms with Gasteiger partial charge in [-0.15, -0.1) is 0 Å².